The van der Waals surface area contributed by atoms with Gasteiger partial charge in [0.2, 0.25) is 20.0 Å². The number of piperidine rings is 2. The fourth-order valence-corrected chi connectivity index (χ4v) is 10.2. The van der Waals surface area contributed by atoms with Crippen molar-refractivity contribution in [3.05, 3.63) is 130 Å². The fourth-order valence-electron chi connectivity index (χ4n) is 6.47. The first-order valence-corrected chi connectivity index (χ1v) is 17.7. The van der Waals surface area contributed by atoms with E-state index in [1.807, 2.05) is 44.2 Å². The number of Topliss-reactive ketones (excluding diaryl/α,β-unsaturated/α-hetero) is 1. The number of halogens is 1. The van der Waals surface area contributed by atoms with E-state index in [-0.39, 0.29) is 35.0 Å². The van der Waals surface area contributed by atoms with E-state index >= 15 is 0 Å². The molecule has 0 amide bonds. The zero-order valence-corrected chi connectivity index (χ0v) is 26.8. The standard InChI is InChI=1S/C34H33ClN2O5S2/c1-23-12-16-26(17-13-23)43(39,40)36-22-29-33(20-32(36)28-10-6-7-11-30(28)35)37(44(41,42)27-18-14-24(2)15-19-27)31(21-34(29)38)25-8-4-3-5-9-25/h3-19,29,31-33H,20-22H2,1-2H3/t29-,31?,32?,33+/m1/s1. The van der Waals surface area contributed by atoms with Gasteiger partial charge in [-0.1, -0.05) is 95.5 Å². The van der Waals surface area contributed by atoms with Crippen molar-refractivity contribution in [1.82, 2.24) is 8.61 Å². The number of rotatable bonds is 6. The van der Waals surface area contributed by atoms with Crippen LogP contribution in [0.1, 0.15) is 47.2 Å². The van der Waals surface area contributed by atoms with Crippen LogP contribution in [0.5, 0.6) is 0 Å². The van der Waals surface area contributed by atoms with Crippen molar-refractivity contribution in [3.8, 4) is 0 Å². The highest BCUT2D eigenvalue weighted by molar-refractivity contribution is 7.89. The summed E-state index contributed by atoms with van der Waals surface area (Å²) in [5.74, 6) is -1.03. The second kappa shape index (κ2) is 11.9. The lowest BCUT2D eigenvalue weighted by molar-refractivity contribution is -0.132. The van der Waals surface area contributed by atoms with Gasteiger partial charge in [0, 0.05) is 29.9 Å². The van der Waals surface area contributed by atoms with Crippen molar-refractivity contribution in [2.24, 2.45) is 5.92 Å². The summed E-state index contributed by atoms with van der Waals surface area (Å²) in [5, 5.41) is 0.370. The van der Waals surface area contributed by atoms with Gasteiger partial charge in [0.15, 0.2) is 0 Å². The van der Waals surface area contributed by atoms with Crippen LogP contribution in [0.15, 0.2) is 113 Å². The molecule has 10 heteroatoms. The van der Waals surface area contributed by atoms with Crippen LogP contribution in [0.2, 0.25) is 5.02 Å². The SMILES string of the molecule is Cc1ccc(S(=O)(=O)N2C[C@H]3C(=O)CC(c4ccccc4)N(S(=O)(=O)c4ccc(C)cc4)[C@H]3CC2c2ccccc2Cl)cc1. The number of sulfonamides is 2. The molecule has 2 unspecified atom stereocenters. The molecule has 0 bridgehead atoms. The summed E-state index contributed by atoms with van der Waals surface area (Å²) in [4.78, 5) is 14.2. The van der Waals surface area contributed by atoms with E-state index in [0.717, 1.165) is 11.1 Å². The molecular formula is C34H33ClN2O5S2. The average Bonchev–Trinajstić information content (AvgIpc) is 3.01. The van der Waals surface area contributed by atoms with Crippen molar-refractivity contribution in [2.75, 3.05) is 6.54 Å². The lowest BCUT2D eigenvalue weighted by atomic mass is 9.77. The summed E-state index contributed by atoms with van der Waals surface area (Å²) < 4.78 is 60.4. The number of hydrogen-bond acceptors (Lipinski definition) is 5. The third-order valence-electron chi connectivity index (χ3n) is 8.77. The molecule has 4 aromatic rings. The number of benzene rings is 4. The molecule has 2 heterocycles. The van der Waals surface area contributed by atoms with E-state index in [1.165, 1.54) is 8.61 Å². The van der Waals surface area contributed by atoms with E-state index in [0.29, 0.717) is 16.1 Å². The summed E-state index contributed by atoms with van der Waals surface area (Å²) in [5.41, 5.74) is 3.10. The molecule has 0 saturated carbocycles. The quantitative estimate of drug-likeness (QED) is 0.239. The Hall–Kier alpha value is -3.34. The molecule has 228 valence electrons. The first-order valence-electron chi connectivity index (χ1n) is 14.5. The Morgan fingerprint density at radius 1 is 0.682 bits per heavy atom. The smallest absolute Gasteiger partial charge is 0.243 e. The van der Waals surface area contributed by atoms with Gasteiger partial charge in [-0.15, -0.1) is 0 Å². The summed E-state index contributed by atoms with van der Waals surface area (Å²) in [7, 11) is -8.20. The van der Waals surface area contributed by atoms with E-state index in [2.05, 4.69) is 0 Å². The molecule has 2 fully saturated rings. The lowest BCUT2D eigenvalue weighted by Gasteiger charge is -2.51. The monoisotopic (exact) mass is 648 g/mol. The number of ketones is 1. The molecule has 6 rings (SSSR count). The van der Waals surface area contributed by atoms with Gasteiger partial charge in [0.25, 0.3) is 0 Å². The van der Waals surface area contributed by atoms with Crippen molar-refractivity contribution >= 4 is 37.4 Å². The van der Waals surface area contributed by atoms with Crippen molar-refractivity contribution in [1.29, 1.82) is 0 Å². The Kier molecular flexibility index (Phi) is 8.28. The molecule has 0 N–H and O–H groups in total. The molecule has 44 heavy (non-hydrogen) atoms. The third-order valence-corrected chi connectivity index (χ3v) is 12.9. The minimum Gasteiger partial charge on any atom is -0.299 e. The van der Waals surface area contributed by atoms with Crippen LogP contribution in [0.25, 0.3) is 0 Å². The van der Waals surface area contributed by atoms with Crippen molar-refractivity contribution in [3.63, 3.8) is 0 Å². The topological polar surface area (TPSA) is 91.8 Å². The van der Waals surface area contributed by atoms with E-state index < -0.39 is 44.1 Å². The maximum atomic E-state index is 14.5. The number of carbonyl (C=O) groups is 1. The zero-order chi connectivity index (χ0) is 31.2. The molecule has 4 aromatic carbocycles. The largest absolute Gasteiger partial charge is 0.299 e. The Labute approximate surface area is 264 Å². The highest BCUT2D eigenvalue weighted by Gasteiger charge is 2.54. The second-order valence-electron chi connectivity index (χ2n) is 11.6. The predicted molar refractivity (Wildman–Crippen MR) is 170 cm³/mol. The van der Waals surface area contributed by atoms with Crippen molar-refractivity contribution in [2.45, 2.75) is 54.6 Å². The number of hydrogen-bond donors (Lipinski definition) is 0. The molecule has 0 radical (unpaired) electrons. The number of aryl methyl sites for hydroxylation is 2. The normalized spacial score (nSPS) is 23.3. The number of fused-ring (bicyclic) bond motifs is 1. The highest BCUT2D eigenvalue weighted by Crippen LogP contribution is 2.48. The minimum atomic E-state index is -4.12. The van der Waals surface area contributed by atoms with Crippen LogP contribution >= 0.6 is 11.6 Å². The Bertz CT molecular complexity index is 1900. The Balaban J connectivity index is 1.52. The Morgan fingerprint density at radius 2 is 1.23 bits per heavy atom. The van der Waals surface area contributed by atoms with Crippen LogP contribution in [-0.4, -0.2) is 43.8 Å². The van der Waals surface area contributed by atoms with Gasteiger partial charge in [0.05, 0.1) is 21.9 Å². The lowest BCUT2D eigenvalue weighted by Crippen LogP contribution is -2.60. The molecule has 0 spiro atoms. The zero-order valence-electron chi connectivity index (χ0n) is 24.4. The summed E-state index contributed by atoms with van der Waals surface area (Å²) >= 11 is 6.68. The van der Waals surface area contributed by atoms with Gasteiger partial charge in [-0.25, -0.2) is 16.8 Å². The van der Waals surface area contributed by atoms with Crippen LogP contribution < -0.4 is 0 Å². The molecule has 7 nitrogen and oxygen atoms in total. The molecule has 0 aliphatic carbocycles. The van der Waals surface area contributed by atoms with E-state index in [4.69, 9.17) is 11.6 Å². The highest BCUT2D eigenvalue weighted by atomic mass is 35.5. The first-order chi connectivity index (χ1) is 21.0. The molecular weight excluding hydrogens is 616 g/mol. The summed E-state index contributed by atoms with van der Waals surface area (Å²) in [6.45, 7) is 3.59. The first kappa shape index (κ1) is 30.7. The summed E-state index contributed by atoms with van der Waals surface area (Å²) in [6, 6.07) is 27.1. The van der Waals surface area contributed by atoms with Crippen LogP contribution in [0.4, 0.5) is 0 Å². The van der Waals surface area contributed by atoms with Gasteiger partial charge >= 0.3 is 0 Å². The van der Waals surface area contributed by atoms with E-state index in [9.17, 15) is 21.6 Å². The molecule has 2 aliphatic rings. The summed E-state index contributed by atoms with van der Waals surface area (Å²) in [6.07, 6.45) is -0.00882. The maximum Gasteiger partial charge on any atom is 0.243 e. The van der Waals surface area contributed by atoms with Crippen LogP contribution in [0.3, 0.4) is 0 Å². The average molecular weight is 649 g/mol. The second-order valence-corrected chi connectivity index (χ2v) is 15.7. The molecule has 0 aromatic heterocycles. The molecule has 2 saturated heterocycles. The molecule has 4 atom stereocenters. The van der Waals surface area contributed by atoms with Gasteiger partial charge in [-0.05, 0) is 61.7 Å². The van der Waals surface area contributed by atoms with E-state index in [1.54, 1.807) is 72.8 Å². The molecule has 2 aliphatic heterocycles. The Morgan fingerprint density at radius 3 is 1.82 bits per heavy atom. The maximum absolute atomic E-state index is 14.5. The van der Waals surface area contributed by atoms with Crippen molar-refractivity contribution < 1.29 is 21.6 Å². The number of nitrogens with zero attached hydrogens (tertiary/aromatic N) is 2. The van der Waals surface area contributed by atoms with Gasteiger partial charge in [-0.2, -0.15) is 8.61 Å². The van der Waals surface area contributed by atoms with Crippen LogP contribution in [-0.2, 0) is 24.8 Å². The number of carbonyl (C=O) groups excluding carboxylic acids is 1. The van der Waals surface area contributed by atoms with Gasteiger partial charge < -0.3 is 0 Å². The van der Waals surface area contributed by atoms with Gasteiger partial charge in [-0.3, -0.25) is 4.79 Å². The predicted octanol–water partition coefficient (Wildman–Crippen LogP) is 6.48. The third kappa shape index (κ3) is 5.52. The van der Waals surface area contributed by atoms with Crippen LogP contribution in [0, 0.1) is 19.8 Å². The van der Waals surface area contributed by atoms with Gasteiger partial charge in [0.1, 0.15) is 5.78 Å². The minimum absolute atomic E-state index is 0.0552. The fraction of sp³-hybridized carbons (Fsp3) is 0.265.